The van der Waals surface area contributed by atoms with Crippen LogP contribution in [0.2, 0.25) is 0 Å². The highest BCUT2D eigenvalue weighted by Gasteiger charge is 2.30. The van der Waals surface area contributed by atoms with Gasteiger partial charge in [0.1, 0.15) is 0 Å². The topological polar surface area (TPSA) is 71.0 Å². The molecule has 38 heavy (non-hydrogen) atoms. The Morgan fingerprint density at radius 3 is 2.61 bits per heavy atom. The fraction of sp³-hybridized carbons (Fsp3) is 0.588. The molecule has 4 unspecified atom stereocenters. The van der Waals surface area contributed by atoms with Crippen LogP contribution in [0.15, 0.2) is 34.3 Å². The van der Waals surface area contributed by atoms with E-state index in [2.05, 4.69) is 43.6 Å². The molecule has 2 fully saturated rings. The lowest BCUT2D eigenvalue weighted by Crippen LogP contribution is -2.23. The van der Waals surface area contributed by atoms with E-state index in [0.717, 1.165) is 61.5 Å². The number of aliphatic hydroxyl groups excluding tert-OH is 1. The van der Waals surface area contributed by atoms with E-state index in [0.29, 0.717) is 23.7 Å². The number of aliphatic hydroxyl groups is 1. The van der Waals surface area contributed by atoms with Crippen LogP contribution in [0, 0.1) is 17.8 Å². The number of nitrogens with zero attached hydrogens (tertiary/aromatic N) is 2. The minimum atomic E-state index is 0.273. The number of benzene rings is 2. The molecule has 4 aliphatic rings. The molecule has 0 aromatic heterocycles. The standard InChI is InChI=1S/C34H45N3O/c1-2-23-14-15-36-34-32(23)29(19-30(33(34)35)25-11-7-6-8-22(16-25)21-38)26-12-13-27-17-28(20-37-31(27)18-26)24-9-4-3-5-10-24/h12-13,15,18-20,22-25,28,38H,2-11,14,16-17,21,35H2,1H3. The lowest BCUT2D eigenvalue weighted by atomic mass is 9.76. The van der Waals surface area contributed by atoms with E-state index in [1.54, 1.807) is 0 Å². The molecule has 4 nitrogen and oxygen atoms in total. The minimum Gasteiger partial charge on any atom is -0.397 e. The molecular formula is C34H45N3O. The lowest BCUT2D eigenvalue weighted by Gasteiger charge is -2.31. The number of hydrogen-bond donors (Lipinski definition) is 2. The zero-order chi connectivity index (χ0) is 26.1. The number of fused-ring (bicyclic) bond motifs is 2. The molecule has 2 aromatic carbocycles. The summed E-state index contributed by atoms with van der Waals surface area (Å²) in [5, 5.41) is 9.99. The Kier molecular flexibility index (Phi) is 7.70. The van der Waals surface area contributed by atoms with Gasteiger partial charge in [0.05, 0.1) is 17.1 Å². The highest BCUT2D eigenvalue weighted by atomic mass is 16.3. The van der Waals surface area contributed by atoms with E-state index in [-0.39, 0.29) is 6.61 Å². The number of nitrogen functional groups attached to an aromatic ring is 1. The maximum Gasteiger partial charge on any atom is 0.0898 e. The summed E-state index contributed by atoms with van der Waals surface area (Å²) in [7, 11) is 0. The monoisotopic (exact) mass is 511 g/mol. The van der Waals surface area contributed by atoms with Crippen molar-refractivity contribution in [1.82, 2.24) is 0 Å². The van der Waals surface area contributed by atoms with Gasteiger partial charge >= 0.3 is 0 Å². The maximum absolute atomic E-state index is 9.99. The summed E-state index contributed by atoms with van der Waals surface area (Å²) < 4.78 is 0. The SMILES string of the molecule is CCC1CC=Nc2c(N)c(C3CCCCC(CO)C3)cc(-c3ccc4c(c3)N=CC(C3CCCCC3)C4)c21. The van der Waals surface area contributed by atoms with Gasteiger partial charge in [0.15, 0.2) is 0 Å². The fourth-order valence-corrected chi connectivity index (χ4v) is 7.88. The van der Waals surface area contributed by atoms with Crippen molar-refractivity contribution in [2.45, 2.75) is 102 Å². The summed E-state index contributed by atoms with van der Waals surface area (Å²) in [5.74, 6) is 2.57. The minimum absolute atomic E-state index is 0.273. The highest BCUT2D eigenvalue weighted by Crippen LogP contribution is 2.50. The molecule has 2 aliphatic carbocycles. The summed E-state index contributed by atoms with van der Waals surface area (Å²) in [4.78, 5) is 9.96. The normalized spacial score (nSPS) is 27.5. The first-order valence-corrected chi connectivity index (χ1v) is 15.4. The third-order valence-corrected chi connectivity index (χ3v) is 10.2. The molecule has 2 heterocycles. The van der Waals surface area contributed by atoms with E-state index >= 15 is 0 Å². The zero-order valence-corrected chi connectivity index (χ0v) is 23.2. The van der Waals surface area contributed by atoms with Crippen LogP contribution in [0.3, 0.4) is 0 Å². The molecule has 4 atom stereocenters. The average Bonchev–Trinajstić information content (AvgIpc) is 3.23. The Morgan fingerprint density at radius 1 is 0.974 bits per heavy atom. The number of nitrogens with two attached hydrogens (primary N) is 1. The van der Waals surface area contributed by atoms with Gasteiger partial charge in [0.2, 0.25) is 0 Å². The van der Waals surface area contributed by atoms with Gasteiger partial charge < -0.3 is 10.8 Å². The van der Waals surface area contributed by atoms with Crippen molar-refractivity contribution in [3.05, 3.63) is 41.0 Å². The number of aliphatic imine (C=N–C) groups is 2. The molecule has 0 spiro atoms. The number of hydrogen-bond acceptors (Lipinski definition) is 4. The Balaban J connectivity index is 1.40. The van der Waals surface area contributed by atoms with Crippen LogP contribution >= 0.6 is 0 Å². The van der Waals surface area contributed by atoms with Crippen molar-refractivity contribution in [3.8, 4) is 11.1 Å². The van der Waals surface area contributed by atoms with Gasteiger partial charge in [-0.2, -0.15) is 0 Å². The van der Waals surface area contributed by atoms with E-state index < -0.39 is 0 Å². The third-order valence-electron chi connectivity index (χ3n) is 10.2. The first-order chi connectivity index (χ1) is 18.7. The molecule has 0 bridgehead atoms. The summed E-state index contributed by atoms with van der Waals surface area (Å²) >= 11 is 0. The molecule has 6 rings (SSSR count). The van der Waals surface area contributed by atoms with Gasteiger partial charge in [-0.05, 0) is 115 Å². The van der Waals surface area contributed by atoms with Gasteiger partial charge in [0.25, 0.3) is 0 Å². The summed E-state index contributed by atoms with van der Waals surface area (Å²) in [5.41, 5.74) is 16.5. The smallest absolute Gasteiger partial charge is 0.0898 e. The largest absolute Gasteiger partial charge is 0.397 e. The van der Waals surface area contributed by atoms with Crippen LogP contribution in [0.1, 0.15) is 112 Å². The van der Waals surface area contributed by atoms with Gasteiger partial charge in [-0.3, -0.25) is 9.98 Å². The van der Waals surface area contributed by atoms with Crippen molar-refractivity contribution >= 4 is 29.5 Å². The van der Waals surface area contributed by atoms with Gasteiger partial charge in [0, 0.05) is 25.0 Å². The van der Waals surface area contributed by atoms with Crippen LogP contribution < -0.4 is 5.73 Å². The second kappa shape index (κ2) is 11.3. The van der Waals surface area contributed by atoms with Gasteiger partial charge in [-0.1, -0.05) is 51.2 Å². The Labute approximate surface area is 228 Å². The van der Waals surface area contributed by atoms with Gasteiger partial charge in [-0.15, -0.1) is 0 Å². The molecule has 0 radical (unpaired) electrons. The molecule has 4 heteroatoms. The van der Waals surface area contributed by atoms with Crippen LogP contribution in [0.25, 0.3) is 11.1 Å². The summed E-state index contributed by atoms with van der Waals surface area (Å²) in [6.45, 7) is 2.55. The molecule has 2 aromatic rings. The fourth-order valence-electron chi connectivity index (χ4n) is 7.88. The quantitative estimate of drug-likeness (QED) is 0.311. The van der Waals surface area contributed by atoms with E-state index in [9.17, 15) is 5.11 Å². The van der Waals surface area contributed by atoms with Crippen molar-refractivity contribution in [1.29, 1.82) is 0 Å². The second-order valence-electron chi connectivity index (χ2n) is 12.5. The molecule has 2 aliphatic heterocycles. The first-order valence-electron chi connectivity index (χ1n) is 15.4. The molecular weight excluding hydrogens is 466 g/mol. The van der Waals surface area contributed by atoms with E-state index in [1.165, 1.54) is 72.8 Å². The Hall–Kier alpha value is -2.46. The Morgan fingerprint density at radius 2 is 1.79 bits per heavy atom. The lowest BCUT2D eigenvalue weighted by molar-refractivity contribution is 0.208. The maximum atomic E-state index is 9.99. The second-order valence-corrected chi connectivity index (χ2v) is 12.5. The molecule has 0 amide bonds. The van der Waals surface area contributed by atoms with E-state index in [1.807, 2.05) is 0 Å². The summed E-state index contributed by atoms with van der Waals surface area (Å²) in [6, 6.07) is 9.41. The average molecular weight is 512 g/mol. The molecule has 0 saturated heterocycles. The summed E-state index contributed by atoms with van der Waals surface area (Å²) in [6.07, 6.45) is 20.1. The predicted molar refractivity (Wildman–Crippen MR) is 160 cm³/mol. The number of rotatable bonds is 5. The van der Waals surface area contributed by atoms with Crippen LogP contribution in [-0.4, -0.2) is 24.1 Å². The molecule has 3 N–H and O–H groups in total. The van der Waals surface area contributed by atoms with Crippen molar-refractivity contribution in [3.63, 3.8) is 0 Å². The van der Waals surface area contributed by atoms with Crippen molar-refractivity contribution in [2.75, 3.05) is 12.3 Å². The Bertz CT molecular complexity index is 1210. The van der Waals surface area contributed by atoms with E-state index in [4.69, 9.17) is 15.7 Å². The van der Waals surface area contributed by atoms with Crippen LogP contribution in [0.5, 0.6) is 0 Å². The van der Waals surface area contributed by atoms with Crippen molar-refractivity contribution in [2.24, 2.45) is 27.7 Å². The third kappa shape index (κ3) is 4.97. The predicted octanol–water partition coefficient (Wildman–Crippen LogP) is 8.65. The first kappa shape index (κ1) is 25.8. The van der Waals surface area contributed by atoms with Crippen molar-refractivity contribution < 1.29 is 5.11 Å². The van der Waals surface area contributed by atoms with Crippen LogP contribution in [0.4, 0.5) is 17.1 Å². The zero-order valence-electron chi connectivity index (χ0n) is 23.2. The van der Waals surface area contributed by atoms with Gasteiger partial charge in [-0.25, -0.2) is 0 Å². The highest BCUT2D eigenvalue weighted by molar-refractivity contribution is 5.89. The van der Waals surface area contributed by atoms with Crippen LogP contribution in [-0.2, 0) is 6.42 Å². The molecule has 2 saturated carbocycles. The molecule has 202 valence electrons. The number of anilines is 1.